The Balaban J connectivity index is 2.50. The second-order valence-electron chi connectivity index (χ2n) is 1.57. The van der Waals surface area contributed by atoms with Crippen molar-refractivity contribution in [2.45, 2.75) is 6.54 Å². The van der Waals surface area contributed by atoms with Gasteiger partial charge in [0.05, 0.1) is 12.2 Å². The fourth-order valence-corrected chi connectivity index (χ4v) is 0.554. The zero-order valence-electron chi connectivity index (χ0n) is 4.59. The number of quaternary nitrogens is 1. The van der Waals surface area contributed by atoms with Crippen LogP contribution in [0.2, 0.25) is 0 Å². The quantitative estimate of drug-likeness (QED) is 0.485. The van der Waals surface area contributed by atoms with Gasteiger partial charge in [-0.2, -0.15) is 12.1 Å². The van der Waals surface area contributed by atoms with Crippen molar-refractivity contribution < 1.29 is 5.32 Å². The van der Waals surface area contributed by atoms with Gasteiger partial charge >= 0.3 is 0 Å². The third kappa shape index (κ3) is 1.07. The fraction of sp³-hybridized carbons (Fsp3) is 0.200. The van der Waals surface area contributed by atoms with Gasteiger partial charge < -0.3 is 5.32 Å². The molecule has 1 aromatic heterocycles. The Labute approximate surface area is 48.1 Å². The fourth-order valence-electron chi connectivity index (χ4n) is 0.554. The van der Waals surface area contributed by atoms with Gasteiger partial charge in [-0.15, -0.1) is 0 Å². The van der Waals surface area contributed by atoms with Crippen LogP contribution in [0.3, 0.4) is 0 Å². The maximum absolute atomic E-state index is 3.77. The van der Waals surface area contributed by atoms with Crippen LogP contribution in [0.25, 0.3) is 0 Å². The normalized spacial score (nSPS) is 9.62. The van der Waals surface area contributed by atoms with Gasteiger partial charge in [-0.05, 0) is 6.07 Å². The number of H-pyrrole nitrogens is 1. The number of rotatable bonds is 2. The van der Waals surface area contributed by atoms with Crippen molar-refractivity contribution in [3.63, 3.8) is 0 Å². The number of aromatic nitrogens is 2. The summed E-state index contributed by atoms with van der Waals surface area (Å²) >= 11 is 0. The molecular formula is C5H9N3. The minimum Gasteiger partial charge on any atom is -0.474 e. The molecule has 3 N–H and O–H groups in total. The predicted molar refractivity (Wildman–Crippen MR) is 29.6 cm³/mol. The molecule has 1 rings (SSSR count). The van der Waals surface area contributed by atoms with Crippen molar-refractivity contribution in [1.29, 1.82) is 0 Å². The highest BCUT2D eigenvalue weighted by molar-refractivity contribution is 4.93. The Hall–Kier alpha value is -0.830. The van der Waals surface area contributed by atoms with Crippen LogP contribution in [0, 0.1) is 7.05 Å². The molecule has 0 saturated carbocycles. The third-order valence-electron chi connectivity index (χ3n) is 0.923. The first-order valence-electron chi connectivity index (χ1n) is 2.52. The summed E-state index contributed by atoms with van der Waals surface area (Å²) in [6.07, 6.45) is 1.73. The van der Waals surface area contributed by atoms with E-state index in [1.54, 1.807) is 6.20 Å². The first kappa shape index (κ1) is 5.31. The molecule has 3 heteroatoms. The van der Waals surface area contributed by atoms with Crippen molar-refractivity contribution >= 4 is 0 Å². The van der Waals surface area contributed by atoms with Gasteiger partial charge in [0, 0.05) is 6.20 Å². The van der Waals surface area contributed by atoms with E-state index in [2.05, 4.69) is 17.2 Å². The molecule has 0 radical (unpaired) electrons. The van der Waals surface area contributed by atoms with Crippen LogP contribution >= 0.6 is 0 Å². The van der Waals surface area contributed by atoms with Gasteiger partial charge in [0.15, 0.2) is 0 Å². The highest BCUT2D eigenvalue weighted by Crippen LogP contribution is 1.84. The molecule has 1 aromatic rings. The lowest BCUT2D eigenvalue weighted by Crippen LogP contribution is -2.74. The van der Waals surface area contributed by atoms with E-state index in [0.717, 1.165) is 12.2 Å². The molecular weight excluding hydrogens is 102 g/mol. The zero-order chi connectivity index (χ0) is 5.82. The minimum absolute atomic E-state index is 0.875. The summed E-state index contributed by atoms with van der Waals surface area (Å²) < 4.78 is 0. The molecule has 0 aromatic carbocycles. The number of hydrogen-bond acceptors (Lipinski definition) is 1. The summed E-state index contributed by atoms with van der Waals surface area (Å²) in [5.74, 6) is 0. The Morgan fingerprint density at radius 1 is 1.88 bits per heavy atom. The highest BCUT2D eigenvalue weighted by Gasteiger charge is 1.87. The minimum atomic E-state index is 0.875. The molecule has 0 aliphatic carbocycles. The molecule has 0 amide bonds. The van der Waals surface area contributed by atoms with E-state index in [0.29, 0.717) is 0 Å². The summed E-state index contributed by atoms with van der Waals surface area (Å²) in [7, 11) is 3.59. The second-order valence-corrected chi connectivity index (χ2v) is 1.57. The summed E-state index contributed by atoms with van der Waals surface area (Å²) in [6.45, 7) is 0.875. The topological polar surface area (TPSA) is 45.3 Å². The Morgan fingerprint density at radius 3 is 3.25 bits per heavy atom. The Morgan fingerprint density at radius 2 is 2.75 bits per heavy atom. The molecule has 0 fully saturated rings. The van der Waals surface area contributed by atoms with Gasteiger partial charge in [-0.3, -0.25) is 5.10 Å². The lowest BCUT2D eigenvalue weighted by molar-refractivity contribution is -0.612. The van der Waals surface area contributed by atoms with Crippen LogP contribution in [0.5, 0.6) is 0 Å². The molecule has 8 heavy (non-hydrogen) atoms. The number of aromatic amines is 1. The number of nitrogens with zero attached hydrogens (tertiary/aromatic N) is 1. The number of nitrogens with one attached hydrogen (secondary N) is 1. The van der Waals surface area contributed by atoms with Crippen LogP contribution in [0.4, 0.5) is 0 Å². The molecule has 1 heterocycles. The molecule has 0 spiro atoms. The first-order valence-corrected chi connectivity index (χ1v) is 2.52. The van der Waals surface area contributed by atoms with E-state index in [4.69, 9.17) is 0 Å². The standard InChI is InChI=1S/C5H9N3/c1-6-4-5-2-3-7-8-5/h2-3H,1,4,6H2,(H,7,8). The zero-order valence-corrected chi connectivity index (χ0v) is 4.59. The van der Waals surface area contributed by atoms with E-state index >= 15 is 0 Å². The Kier molecular flexibility index (Phi) is 1.64. The maximum Gasteiger partial charge on any atom is 0.0940 e. The van der Waals surface area contributed by atoms with Gasteiger partial charge in [-0.1, -0.05) is 0 Å². The van der Waals surface area contributed by atoms with Crippen LogP contribution < -0.4 is 5.32 Å². The van der Waals surface area contributed by atoms with Gasteiger partial charge in [0.1, 0.15) is 0 Å². The monoisotopic (exact) mass is 111 g/mol. The van der Waals surface area contributed by atoms with Gasteiger partial charge in [0.25, 0.3) is 0 Å². The molecule has 0 atom stereocenters. The average Bonchev–Trinajstić information content (AvgIpc) is 2.19. The van der Waals surface area contributed by atoms with E-state index in [-0.39, 0.29) is 0 Å². The largest absolute Gasteiger partial charge is 0.474 e. The smallest absolute Gasteiger partial charge is 0.0940 e. The summed E-state index contributed by atoms with van der Waals surface area (Å²) in [5, 5.41) is 8.43. The van der Waals surface area contributed by atoms with Crippen LogP contribution in [-0.2, 0) is 6.54 Å². The highest BCUT2D eigenvalue weighted by atomic mass is 15.1. The summed E-state index contributed by atoms with van der Waals surface area (Å²) in [4.78, 5) is 0. The van der Waals surface area contributed by atoms with Crippen molar-refractivity contribution in [1.82, 2.24) is 10.2 Å². The predicted octanol–water partition coefficient (Wildman–Crippen LogP) is -0.735. The lowest BCUT2D eigenvalue weighted by atomic mass is 10.4. The second kappa shape index (κ2) is 2.47. The first-order chi connectivity index (χ1) is 3.93. The van der Waals surface area contributed by atoms with Crippen molar-refractivity contribution in [3.8, 4) is 0 Å². The molecule has 0 aliphatic heterocycles. The molecule has 3 nitrogen and oxygen atoms in total. The van der Waals surface area contributed by atoms with E-state index in [9.17, 15) is 0 Å². The van der Waals surface area contributed by atoms with Gasteiger partial charge in [0.2, 0.25) is 0 Å². The van der Waals surface area contributed by atoms with Crippen LogP contribution in [0.15, 0.2) is 12.3 Å². The van der Waals surface area contributed by atoms with Crippen LogP contribution in [0.1, 0.15) is 5.69 Å². The molecule has 0 bridgehead atoms. The molecule has 0 aliphatic rings. The summed E-state index contributed by atoms with van der Waals surface area (Å²) in [5.41, 5.74) is 1.11. The molecule has 0 saturated heterocycles. The Bertz CT molecular complexity index is 133. The molecule has 44 valence electrons. The van der Waals surface area contributed by atoms with E-state index in [1.165, 1.54) is 0 Å². The number of nitrogens with two attached hydrogens (primary N) is 1. The van der Waals surface area contributed by atoms with Gasteiger partial charge in [-0.25, -0.2) is 0 Å². The average molecular weight is 111 g/mol. The number of hydrogen-bond donors (Lipinski definition) is 2. The third-order valence-corrected chi connectivity index (χ3v) is 0.923. The maximum atomic E-state index is 3.77. The summed E-state index contributed by atoms with van der Waals surface area (Å²) in [6, 6.07) is 1.93. The lowest BCUT2D eigenvalue weighted by Gasteiger charge is -1.92. The van der Waals surface area contributed by atoms with E-state index < -0.39 is 0 Å². The molecule has 0 unspecified atom stereocenters. The SMILES string of the molecule is [CH2-][NH2+]Cc1ccn[nH]1. The van der Waals surface area contributed by atoms with Crippen molar-refractivity contribution in [2.75, 3.05) is 0 Å². The van der Waals surface area contributed by atoms with Crippen molar-refractivity contribution in [3.05, 3.63) is 25.0 Å². The van der Waals surface area contributed by atoms with E-state index in [1.807, 2.05) is 11.4 Å². The van der Waals surface area contributed by atoms with Crippen LogP contribution in [-0.4, -0.2) is 10.2 Å². The van der Waals surface area contributed by atoms with Crippen molar-refractivity contribution in [2.24, 2.45) is 0 Å².